The van der Waals surface area contributed by atoms with Crippen LogP contribution in [0.2, 0.25) is 0 Å². The Morgan fingerprint density at radius 2 is 2.09 bits per heavy atom. The second-order valence-electron chi connectivity index (χ2n) is 8.08. The van der Waals surface area contributed by atoms with E-state index in [0.717, 1.165) is 39.8 Å². The van der Waals surface area contributed by atoms with Gasteiger partial charge >= 0.3 is 0 Å². The van der Waals surface area contributed by atoms with Gasteiger partial charge in [0.25, 0.3) is 5.91 Å². The van der Waals surface area contributed by atoms with Crippen molar-refractivity contribution in [3.63, 3.8) is 0 Å². The molecule has 2 amide bonds. The highest BCUT2D eigenvalue weighted by Crippen LogP contribution is 2.40. The average molecular weight is 440 g/mol. The normalized spacial score (nSPS) is 13.9. The third-order valence-corrected chi connectivity index (χ3v) is 5.60. The third-order valence-electron chi connectivity index (χ3n) is 5.60. The Morgan fingerprint density at radius 3 is 2.75 bits per heavy atom. The van der Waals surface area contributed by atoms with Crippen molar-refractivity contribution in [2.24, 2.45) is 0 Å². The van der Waals surface area contributed by atoms with Crippen LogP contribution in [-0.2, 0) is 22.4 Å². The third kappa shape index (κ3) is 5.90. The fourth-order valence-electron chi connectivity index (χ4n) is 3.42. The molecule has 8 heteroatoms. The van der Waals surface area contributed by atoms with E-state index in [1.54, 1.807) is 13.1 Å². The van der Waals surface area contributed by atoms with Gasteiger partial charge in [-0.1, -0.05) is 25.6 Å². The number of amides is 2. The molecule has 1 aliphatic carbocycles. The van der Waals surface area contributed by atoms with Crippen LogP contribution >= 0.6 is 0 Å². The molecular weight excluding hydrogens is 409 g/mol. The summed E-state index contributed by atoms with van der Waals surface area (Å²) < 4.78 is 13.0. The molecule has 1 aromatic carbocycles. The number of likely N-dealkylation sites (N-methyl/N-ethyl adjacent to an activating group) is 1. The maximum absolute atomic E-state index is 13.0. The molecule has 0 aliphatic heterocycles. The largest absolute Gasteiger partial charge is 0.354 e. The number of hydrogen-bond acceptors (Lipinski definition) is 5. The van der Waals surface area contributed by atoms with Crippen LogP contribution in [-0.4, -0.2) is 46.3 Å². The van der Waals surface area contributed by atoms with Gasteiger partial charge in [-0.3, -0.25) is 14.6 Å². The maximum atomic E-state index is 13.0. The van der Waals surface area contributed by atoms with Gasteiger partial charge in [-0.05, 0) is 50.3 Å². The molecule has 0 bridgehead atoms. The lowest BCUT2D eigenvalue weighted by Gasteiger charge is -2.23. The highest BCUT2D eigenvalue weighted by molar-refractivity contribution is 5.94. The minimum absolute atomic E-state index is 0.352. The van der Waals surface area contributed by atoms with Gasteiger partial charge in [-0.25, -0.2) is 9.37 Å². The van der Waals surface area contributed by atoms with Gasteiger partial charge in [0.1, 0.15) is 11.9 Å². The predicted molar refractivity (Wildman–Crippen MR) is 122 cm³/mol. The van der Waals surface area contributed by atoms with E-state index in [4.69, 9.17) is 4.98 Å². The van der Waals surface area contributed by atoms with Gasteiger partial charge in [0.05, 0.1) is 17.6 Å². The molecule has 0 saturated heterocycles. The molecule has 1 aromatic heterocycles. The van der Waals surface area contributed by atoms with E-state index in [0.29, 0.717) is 18.9 Å². The SMILES string of the molecule is C=C(F)C(=O)N(C)[C@@H](C)C(=O)NCCc1cccc(Nc2cnc(CC)c(C3CC3)n2)c1. The Kier molecular flexibility index (Phi) is 7.56. The van der Waals surface area contributed by atoms with Crippen LogP contribution in [0.3, 0.4) is 0 Å². The summed E-state index contributed by atoms with van der Waals surface area (Å²) in [6, 6.07) is 7.08. The summed E-state index contributed by atoms with van der Waals surface area (Å²) in [6.45, 7) is 7.01. The van der Waals surface area contributed by atoms with E-state index in [1.165, 1.54) is 19.9 Å². The molecule has 1 saturated carbocycles. The van der Waals surface area contributed by atoms with E-state index in [2.05, 4.69) is 29.1 Å². The molecule has 32 heavy (non-hydrogen) atoms. The van der Waals surface area contributed by atoms with Crippen molar-refractivity contribution in [2.75, 3.05) is 18.9 Å². The molecule has 170 valence electrons. The van der Waals surface area contributed by atoms with Gasteiger partial charge in [0.15, 0.2) is 5.83 Å². The van der Waals surface area contributed by atoms with Gasteiger partial charge in [0, 0.05) is 25.2 Å². The second kappa shape index (κ2) is 10.3. The lowest BCUT2D eigenvalue weighted by Crippen LogP contribution is -2.46. The summed E-state index contributed by atoms with van der Waals surface area (Å²) in [4.78, 5) is 34.3. The summed E-state index contributed by atoms with van der Waals surface area (Å²) in [5.41, 5.74) is 4.10. The minimum atomic E-state index is -1.09. The van der Waals surface area contributed by atoms with Gasteiger partial charge in [0.2, 0.25) is 5.91 Å². The topological polar surface area (TPSA) is 87.2 Å². The number of nitrogens with zero attached hydrogens (tertiary/aromatic N) is 3. The monoisotopic (exact) mass is 439 g/mol. The van der Waals surface area contributed by atoms with E-state index in [-0.39, 0.29) is 5.91 Å². The average Bonchev–Trinajstić information content (AvgIpc) is 3.63. The predicted octanol–water partition coefficient (Wildman–Crippen LogP) is 3.65. The first-order valence-electron chi connectivity index (χ1n) is 10.9. The van der Waals surface area contributed by atoms with E-state index in [9.17, 15) is 14.0 Å². The summed E-state index contributed by atoms with van der Waals surface area (Å²) in [7, 11) is 1.37. The number of benzene rings is 1. The molecule has 1 aliphatic rings. The van der Waals surface area contributed by atoms with Crippen LogP contribution in [0.1, 0.15) is 49.6 Å². The number of halogens is 1. The van der Waals surface area contributed by atoms with Crippen LogP contribution in [0.5, 0.6) is 0 Å². The van der Waals surface area contributed by atoms with Crippen molar-refractivity contribution >= 4 is 23.3 Å². The van der Waals surface area contributed by atoms with Crippen molar-refractivity contribution in [3.05, 3.63) is 59.8 Å². The molecule has 1 fully saturated rings. The van der Waals surface area contributed by atoms with Gasteiger partial charge in [-0.15, -0.1) is 0 Å². The Hall–Kier alpha value is -3.29. The minimum Gasteiger partial charge on any atom is -0.354 e. The van der Waals surface area contributed by atoms with E-state index in [1.807, 2.05) is 24.3 Å². The smallest absolute Gasteiger partial charge is 0.282 e. The number of nitrogens with one attached hydrogen (secondary N) is 2. The van der Waals surface area contributed by atoms with E-state index >= 15 is 0 Å². The first kappa shape index (κ1) is 23.4. The first-order chi connectivity index (χ1) is 15.3. The quantitative estimate of drug-likeness (QED) is 0.552. The number of carbonyl (C=O) groups excluding carboxylic acids is 2. The molecule has 2 aromatic rings. The fraction of sp³-hybridized carbons (Fsp3) is 0.417. The van der Waals surface area contributed by atoms with Gasteiger partial charge in [-0.2, -0.15) is 0 Å². The van der Waals surface area contributed by atoms with Crippen LogP contribution < -0.4 is 10.6 Å². The second-order valence-corrected chi connectivity index (χ2v) is 8.08. The van der Waals surface area contributed by atoms with Crippen molar-refractivity contribution in [1.82, 2.24) is 20.2 Å². The zero-order chi connectivity index (χ0) is 23.3. The highest BCUT2D eigenvalue weighted by Gasteiger charge is 2.28. The molecule has 0 unspecified atom stereocenters. The Labute approximate surface area is 188 Å². The standard InChI is InChI=1S/C24H30FN5O2/c1-5-20-22(18-9-10-18)29-21(14-27-20)28-19-8-6-7-17(13-19)11-12-26-23(31)16(3)30(4)24(32)15(2)25/h6-8,13-14,16,18H,2,5,9-12H2,1,3-4H3,(H,26,31)(H,28,29)/t16-/m0/s1. The van der Waals surface area contributed by atoms with E-state index < -0.39 is 17.8 Å². The van der Waals surface area contributed by atoms with Crippen LogP contribution in [0.25, 0.3) is 0 Å². The van der Waals surface area contributed by atoms with Crippen molar-refractivity contribution in [1.29, 1.82) is 0 Å². The summed E-state index contributed by atoms with van der Waals surface area (Å²) in [6.07, 6.45) is 5.61. The first-order valence-corrected chi connectivity index (χ1v) is 10.9. The molecule has 0 spiro atoms. The van der Waals surface area contributed by atoms with Crippen molar-refractivity contribution < 1.29 is 14.0 Å². The van der Waals surface area contributed by atoms with Crippen LogP contribution in [0.15, 0.2) is 42.9 Å². The molecule has 0 radical (unpaired) electrons. The highest BCUT2D eigenvalue weighted by atomic mass is 19.1. The number of aromatic nitrogens is 2. The zero-order valence-electron chi connectivity index (χ0n) is 18.8. The summed E-state index contributed by atoms with van der Waals surface area (Å²) in [5.74, 6) is -1.07. The fourth-order valence-corrected chi connectivity index (χ4v) is 3.42. The molecule has 3 rings (SSSR count). The summed E-state index contributed by atoms with van der Waals surface area (Å²) in [5, 5.41) is 6.11. The van der Waals surface area contributed by atoms with Crippen LogP contribution in [0.4, 0.5) is 15.9 Å². The zero-order valence-corrected chi connectivity index (χ0v) is 18.8. The molecule has 1 heterocycles. The lowest BCUT2D eigenvalue weighted by atomic mass is 10.1. The number of anilines is 2. The van der Waals surface area contributed by atoms with Crippen molar-refractivity contribution in [2.45, 2.75) is 51.5 Å². The number of aryl methyl sites for hydroxylation is 1. The summed E-state index contributed by atoms with van der Waals surface area (Å²) >= 11 is 0. The Balaban J connectivity index is 1.55. The Bertz CT molecular complexity index is 1010. The van der Waals surface area contributed by atoms with Gasteiger partial charge < -0.3 is 15.5 Å². The lowest BCUT2D eigenvalue weighted by molar-refractivity contribution is -0.136. The number of rotatable bonds is 10. The van der Waals surface area contributed by atoms with Crippen molar-refractivity contribution in [3.8, 4) is 0 Å². The Morgan fingerprint density at radius 1 is 1.34 bits per heavy atom. The number of carbonyl (C=O) groups is 2. The maximum Gasteiger partial charge on any atom is 0.282 e. The molecule has 1 atom stereocenters. The number of hydrogen-bond donors (Lipinski definition) is 2. The molecule has 2 N–H and O–H groups in total. The molecular formula is C24H30FN5O2. The molecule has 7 nitrogen and oxygen atoms in total. The van der Waals surface area contributed by atoms with Crippen LogP contribution in [0, 0.1) is 0 Å².